The first-order chi connectivity index (χ1) is 38.6. The van der Waals surface area contributed by atoms with Gasteiger partial charge in [-0.1, -0.05) is 200 Å². The van der Waals surface area contributed by atoms with E-state index in [1.807, 2.05) is 84.9 Å². The minimum absolute atomic E-state index is 0.538. The van der Waals surface area contributed by atoms with Gasteiger partial charge in [-0.05, 0) is 76.9 Å². The van der Waals surface area contributed by atoms with Crippen LogP contribution in [0.15, 0.2) is 255 Å². The molecule has 15 aromatic rings. The molecule has 0 spiro atoms. The Hall–Kier alpha value is -10.8. The summed E-state index contributed by atoms with van der Waals surface area (Å²) in [5.41, 5.74) is 16.6. The van der Waals surface area contributed by atoms with Crippen molar-refractivity contribution < 1.29 is 0 Å². The van der Waals surface area contributed by atoms with Gasteiger partial charge < -0.3 is 0 Å². The maximum atomic E-state index is 5.46. The summed E-state index contributed by atoms with van der Waals surface area (Å²) in [6.07, 6.45) is 0. The van der Waals surface area contributed by atoms with Crippen molar-refractivity contribution in [1.82, 2.24) is 48.7 Å². The zero-order valence-corrected chi connectivity index (χ0v) is 41.7. The lowest BCUT2D eigenvalue weighted by atomic mass is 10.0. The molecule has 0 aliphatic carbocycles. The van der Waals surface area contributed by atoms with Crippen LogP contribution in [0.25, 0.3) is 146 Å². The number of imidazole rings is 2. The highest BCUT2D eigenvalue weighted by atomic mass is 15.1. The van der Waals surface area contributed by atoms with Gasteiger partial charge in [0.1, 0.15) is 11.3 Å². The van der Waals surface area contributed by atoms with Crippen molar-refractivity contribution in [2.45, 2.75) is 0 Å². The first-order valence-electron chi connectivity index (χ1n) is 25.8. The van der Waals surface area contributed by atoms with Crippen LogP contribution in [0.1, 0.15) is 0 Å². The van der Waals surface area contributed by atoms with Crippen LogP contribution in [-0.2, 0) is 0 Å². The maximum absolute atomic E-state index is 5.46. The van der Waals surface area contributed by atoms with Gasteiger partial charge in [0, 0.05) is 44.2 Å². The highest BCUT2D eigenvalue weighted by Crippen LogP contribution is 2.37. The van der Waals surface area contributed by atoms with E-state index in [0.717, 1.165) is 111 Å². The van der Waals surface area contributed by atoms with Gasteiger partial charge in [-0.25, -0.2) is 39.9 Å². The molecule has 0 aliphatic rings. The Labute approximate surface area is 447 Å². The Balaban J connectivity index is 0.965. The lowest BCUT2D eigenvalue weighted by Gasteiger charge is -2.12. The first kappa shape index (κ1) is 44.6. The van der Waals surface area contributed by atoms with E-state index >= 15 is 0 Å². The van der Waals surface area contributed by atoms with Gasteiger partial charge in [0.15, 0.2) is 34.9 Å². The second kappa shape index (κ2) is 18.5. The van der Waals surface area contributed by atoms with E-state index in [2.05, 4.69) is 179 Å². The monoisotopic (exact) mass is 998 g/mol. The van der Waals surface area contributed by atoms with E-state index < -0.39 is 0 Å². The predicted octanol–water partition coefficient (Wildman–Crippen LogP) is 15.9. The van der Waals surface area contributed by atoms with Crippen LogP contribution in [0.4, 0.5) is 0 Å². The molecule has 0 saturated heterocycles. The fourth-order valence-electron chi connectivity index (χ4n) is 10.6. The molecule has 0 bridgehead atoms. The lowest BCUT2D eigenvalue weighted by Crippen LogP contribution is -2.01. The van der Waals surface area contributed by atoms with Gasteiger partial charge in [0.25, 0.3) is 0 Å². The lowest BCUT2D eigenvalue weighted by molar-refractivity contribution is 1.07. The van der Waals surface area contributed by atoms with Crippen LogP contribution < -0.4 is 0 Å². The van der Waals surface area contributed by atoms with Crippen LogP contribution >= 0.6 is 0 Å². The van der Waals surface area contributed by atoms with E-state index in [1.54, 1.807) is 0 Å². The second-order valence-electron chi connectivity index (χ2n) is 19.2. The Kier molecular flexibility index (Phi) is 10.6. The molecule has 0 N–H and O–H groups in total. The fraction of sp³-hybridized carbons (Fsp3) is 0. The first-order valence-corrected chi connectivity index (χ1v) is 25.8. The summed E-state index contributed by atoms with van der Waals surface area (Å²) in [5, 5.41) is 1.77. The molecule has 5 heterocycles. The SMILES string of the molecule is c1ccc(-c2ccc(-c3nc(-c4ccccc4)nc(-c4ccc5c(c4)c4nc6ccccc6n4c4ccc(-c6nc(-c7ccccc7)nc(-c7ccc(-c8ccccc8)cc7)n6)cc4n4c6ccccc6nc54)n3)cc2)cc1. The van der Waals surface area contributed by atoms with Crippen molar-refractivity contribution in [2.75, 3.05) is 0 Å². The molecule has 78 heavy (non-hydrogen) atoms. The van der Waals surface area contributed by atoms with Gasteiger partial charge in [-0.2, -0.15) is 0 Å². The number of nitrogens with zero attached hydrogens (tertiary/aromatic N) is 10. The third kappa shape index (κ3) is 7.82. The third-order valence-corrected chi connectivity index (χ3v) is 14.4. The molecule has 5 aromatic heterocycles. The molecule has 0 radical (unpaired) electrons. The van der Waals surface area contributed by atoms with Gasteiger partial charge in [-0.15, -0.1) is 0 Å². The zero-order chi connectivity index (χ0) is 51.5. The molecule has 0 saturated carbocycles. The largest absolute Gasteiger partial charge is 0.290 e. The van der Waals surface area contributed by atoms with Crippen molar-refractivity contribution >= 4 is 55.2 Å². The van der Waals surface area contributed by atoms with Crippen LogP contribution in [0.5, 0.6) is 0 Å². The number of benzene rings is 10. The van der Waals surface area contributed by atoms with E-state index in [-0.39, 0.29) is 0 Å². The Morgan fingerprint density at radius 2 is 0.500 bits per heavy atom. The molecule has 0 amide bonds. The molecular weight excluding hydrogens is 957 g/mol. The predicted molar refractivity (Wildman–Crippen MR) is 313 cm³/mol. The van der Waals surface area contributed by atoms with Gasteiger partial charge in [0.05, 0.1) is 33.1 Å². The van der Waals surface area contributed by atoms with E-state index in [0.29, 0.717) is 34.9 Å². The summed E-state index contributed by atoms with van der Waals surface area (Å²) in [4.78, 5) is 41.9. The van der Waals surface area contributed by atoms with Crippen LogP contribution in [0, 0.1) is 0 Å². The maximum Gasteiger partial charge on any atom is 0.164 e. The van der Waals surface area contributed by atoms with Crippen molar-refractivity contribution in [2.24, 2.45) is 0 Å². The number of rotatable bonds is 8. The highest BCUT2D eigenvalue weighted by molar-refractivity contribution is 6.09. The molecule has 364 valence electrons. The molecule has 0 fully saturated rings. The molecular formula is C68H42N10. The average Bonchev–Trinajstić information content (AvgIpc) is 4.29. The minimum Gasteiger partial charge on any atom is -0.290 e. The number of fused-ring (bicyclic) bond motifs is 12. The third-order valence-electron chi connectivity index (χ3n) is 14.4. The summed E-state index contributed by atoms with van der Waals surface area (Å²) in [6.45, 7) is 0. The zero-order valence-electron chi connectivity index (χ0n) is 41.7. The summed E-state index contributed by atoms with van der Waals surface area (Å²) < 4.78 is 4.53. The highest BCUT2D eigenvalue weighted by Gasteiger charge is 2.21. The second-order valence-corrected chi connectivity index (χ2v) is 19.2. The standard InChI is InChI=1S/C68H42N10/c1-5-17-43(18-6-1)45-29-33-49(34-30-45)63-71-61(47-21-9-3-10-22-47)73-65(75-63)51-37-39-53-54(41-51)68-70-55-25-13-15-27-57(55)77(68)59-40-38-52(42-60(59)78-58-28-16-14-26-56(58)69-67(53)78)66-74-62(48-23-11-4-12-24-48)72-64(76-66)50-35-31-46(32-36-50)44-19-7-2-8-20-44/h1-42H. The average molecular weight is 999 g/mol. The van der Waals surface area contributed by atoms with E-state index in [4.69, 9.17) is 39.9 Å². The van der Waals surface area contributed by atoms with Gasteiger partial charge >= 0.3 is 0 Å². The van der Waals surface area contributed by atoms with Crippen molar-refractivity contribution in [3.8, 4) is 90.6 Å². The van der Waals surface area contributed by atoms with Crippen molar-refractivity contribution in [3.63, 3.8) is 0 Å². The Bertz CT molecular complexity index is 4810. The molecule has 15 rings (SSSR count). The molecule has 10 aromatic carbocycles. The number of para-hydroxylation sites is 4. The van der Waals surface area contributed by atoms with Crippen LogP contribution in [0.3, 0.4) is 0 Å². The molecule has 10 heteroatoms. The van der Waals surface area contributed by atoms with Gasteiger partial charge in [-0.3, -0.25) is 8.80 Å². The Morgan fingerprint density at radius 3 is 0.962 bits per heavy atom. The molecule has 10 nitrogen and oxygen atoms in total. The van der Waals surface area contributed by atoms with Crippen molar-refractivity contribution in [1.29, 1.82) is 0 Å². The number of hydrogen-bond donors (Lipinski definition) is 0. The molecule has 0 atom stereocenters. The minimum atomic E-state index is 0.538. The molecule has 0 unspecified atom stereocenters. The smallest absolute Gasteiger partial charge is 0.164 e. The Morgan fingerprint density at radius 1 is 0.192 bits per heavy atom. The fourth-order valence-corrected chi connectivity index (χ4v) is 10.6. The van der Waals surface area contributed by atoms with E-state index in [1.165, 1.54) is 0 Å². The summed E-state index contributed by atoms with van der Waals surface area (Å²) >= 11 is 0. The number of aromatic nitrogens is 10. The van der Waals surface area contributed by atoms with E-state index in [9.17, 15) is 0 Å². The molecule has 0 aliphatic heterocycles. The van der Waals surface area contributed by atoms with Crippen LogP contribution in [0.2, 0.25) is 0 Å². The topological polar surface area (TPSA) is 112 Å². The summed E-state index contributed by atoms with van der Waals surface area (Å²) in [7, 11) is 0. The van der Waals surface area contributed by atoms with Gasteiger partial charge in [0.2, 0.25) is 0 Å². The van der Waals surface area contributed by atoms with Crippen LogP contribution in [-0.4, -0.2) is 48.7 Å². The quantitative estimate of drug-likeness (QED) is 0.148. The summed E-state index contributed by atoms with van der Waals surface area (Å²) in [6, 6.07) is 87.1. The van der Waals surface area contributed by atoms with Crippen molar-refractivity contribution in [3.05, 3.63) is 255 Å². The summed E-state index contributed by atoms with van der Waals surface area (Å²) in [5.74, 6) is 3.39. The normalized spacial score (nSPS) is 11.6. The number of hydrogen-bond acceptors (Lipinski definition) is 8.